The van der Waals surface area contributed by atoms with Crippen molar-refractivity contribution in [2.45, 2.75) is 47.0 Å². The summed E-state index contributed by atoms with van der Waals surface area (Å²) < 4.78 is 0.346. The quantitative estimate of drug-likeness (QED) is 0.254. The van der Waals surface area contributed by atoms with Crippen LogP contribution in [-0.4, -0.2) is 5.92 Å². The second-order valence-electron chi connectivity index (χ2n) is 10.2. The van der Waals surface area contributed by atoms with Gasteiger partial charge in [-0.25, -0.2) is 0 Å². The molecular formula is C30H33Cl2SiZr. The minimum atomic E-state index is -4.45. The molecule has 2 atom stereocenters. The number of aryl methyl sites for hydroxylation is 1. The van der Waals surface area contributed by atoms with Crippen LogP contribution in [0.5, 0.6) is 0 Å². The zero-order valence-corrected chi connectivity index (χ0v) is 25.6. The van der Waals surface area contributed by atoms with E-state index in [-0.39, 0.29) is 7.25 Å². The zero-order valence-electron chi connectivity index (χ0n) is 20.5. The molecule has 0 bridgehead atoms. The first-order chi connectivity index (χ1) is 16.3. The molecule has 175 valence electrons. The maximum absolute atomic E-state index is 8.15. The molecule has 0 aromatic heterocycles. The second-order valence-corrected chi connectivity index (χ2v) is 52.8. The molecule has 2 aliphatic rings. The fraction of sp³-hybridized carbons (Fsp3) is 0.267. The summed E-state index contributed by atoms with van der Waals surface area (Å²) in [4.78, 5) is 0. The maximum atomic E-state index is 8.15. The summed E-state index contributed by atoms with van der Waals surface area (Å²) in [6.45, 7) is 9.27. The van der Waals surface area contributed by atoms with Crippen LogP contribution < -0.4 is 0 Å². The standard InChI is InChI=1S/C19H19.C9H7.C2H7Si.2ClH.Zr/c1-3-14-8-10-16(11-9-14)18-7-5-6-17-12-15(4-2)13-19(17)18;1-2-5-9-7-3-6-8(9)4-1;1-3-2;;;/h5-13H,3-4H2,1-2H3;1-7H;3H,1-2H3;2*1H;/q;;;;;+2/p-2. The number of fused-ring (bicyclic) bond motifs is 2. The van der Waals surface area contributed by atoms with Gasteiger partial charge in [-0.2, -0.15) is 0 Å². The van der Waals surface area contributed by atoms with E-state index < -0.39 is 21.5 Å². The molecule has 0 saturated heterocycles. The molecule has 0 heterocycles. The van der Waals surface area contributed by atoms with Gasteiger partial charge in [-0.05, 0) is 0 Å². The number of benzene rings is 3. The number of hydrogen-bond acceptors (Lipinski definition) is 0. The number of allylic oxidation sites excluding steroid dienone is 2. The van der Waals surface area contributed by atoms with Crippen LogP contribution >= 0.6 is 17.0 Å². The fourth-order valence-corrected chi connectivity index (χ4v) is 35.8. The molecule has 0 N–H and O–H groups in total. The monoisotopic (exact) mass is 581 g/mol. The van der Waals surface area contributed by atoms with Crippen LogP contribution in [0.3, 0.4) is 0 Å². The normalized spacial score (nSPS) is 20.1. The van der Waals surface area contributed by atoms with Crippen molar-refractivity contribution in [1.82, 2.24) is 0 Å². The van der Waals surface area contributed by atoms with Crippen LogP contribution in [0, 0.1) is 0 Å². The van der Waals surface area contributed by atoms with E-state index in [1.165, 1.54) is 44.5 Å². The third-order valence-corrected chi connectivity index (χ3v) is 60.3. The Hall–Kier alpha value is -1.18. The first kappa shape index (κ1) is 24.5. The predicted molar refractivity (Wildman–Crippen MR) is 151 cm³/mol. The van der Waals surface area contributed by atoms with Crippen molar-refractivity contribution in [3.05, 3.63) is 106 Å². The third kappa shape index (κ3) is 3.64. The number of hydrogen-bond donors (Lipinski definition) is 0. The van der Waals surface area contributed by atoms with Gasteiger partial charge in [0.25, 0.3) is 0 Å². The van der Waals surface area contributed by atoms with Crippen LogP contribution in [-0.2, 0) is 22.0 Å². The van der Waals surface area contributed by atoms with Crippen molar-refractivity contribution in [1.29, 1.82) is 0 Å². The summed E-state index contributed by atoms with van der Waals surface area (Å²) in [7, 11) is 16.3. The summed E-state index contributed by atoms with van der Waals surface area (Å²) in [5.74, 6) is -1.44. The van der Waals surface area contributed by atoms with Crippen molar-refractivity contribution in [3.63, 3.8) is 0 Å². The molecule has 3 aromatic rings. The van der Waals surface area contributed by atoms with Gasteiger partial charge in [0.2, 0.25) is 0 Å². The Morgan fingerprint density at radius 3 is 2.21 bits per heavy atom. The molecule has 0 saturated carbocycles. The van der Waals surface area contributed by atoms with Gasteiger partial charge in [0.15, 0.2) is 0 Å². The third-order valence-electron chi connectivity index (χ3n) is 8.28. The molecule has 3 aromatic carbocycles. The zero-order chi connectivity index (χ0) is 24.1. The first-order valence-corrected chi connectivity index (χ1v) is 28.9. The van der Waals surface area contributed by atoms with E-state index in [0.717, 1.165) is 12.8 Å². The minimum absolute atomic E-state index is 0.172. The van der Waals surface area contributed by atoms with Crippen LogP contribution in [0.25, 0.3) is 23.3 Å². The molecular weight excluding hydrogens is 551 g/mol. The Bertz CT molecular complexity index is 1300. The molecule has 0 spiro atoms. The van der Waals surface area contributed by atoms with Gasteiger partial charge >= 0.3 is 215 Å². The SMILES string of the molecule is CCC1=Cc2c(-c3ccc(CC)cc3)cccc2[CH]1[Zr]([Cl])([Cl])([CH]1C=Cc2ccccc21)[SiH](C)C. The van der Waals surface area contributed by atoms with E-state index in [0.29, 0.717) is 0 Å². The molecule has 2 aliphatic carbocycles. The fourth-order valence-electron chi connectivity index (χ4n) is 6.20. The van der Waals surface area contributed by atoms with Gasteiger partial charge in [-0.15, -0.1) is 0 Å². The molecule has 2 unspecified atom stereocenters. The summed E-state index contributed by atoms with van der Waals surface area (Å²) in [6.07, 6.45) is 9.08. The van der Waals surface area contributed by atoms with Crippen LogP contribution in [0.15, 0.2) is 78.4 Å². The van der Waals surface area contributed by atoms with E-state index in [9.17, 15) is 0 Å². The van der Waals surface area contributed by atoms with Crippen molar-refractivity contribution in [2.24, 2.45) is 0 Å². The molecule has 34 heavy (non-hydrogen) atoms. The summed E-state index contributed by atoms with van der Waals surface area (Å²) >= 11 is -4.45. The van der Waals surface area contributed by atoms with E-state index in [4.69, 9.17) is 17.0 Å². The molecule has 0 amide bonds. The van der Waals surface area contributed by atoms with Gasteiger partial charge in [-0.3, -0.25) is 0 Å². The van der Waals surface area contributed by atoms with Crippen LogP contribution in [0.2, 0.25) is 13.1 Å². The second kappa shape index (κ2) is 9.04. The van der Waals surface area contributed by atoms with E-state index in [1.54, 1.807) is 0 Å². The van der Waals surface area contributed by atoms with E-state index >= 15 is 0 Å². The Kier molecular flexibility index (Phi) is 6.52. The average molecular weight is 584 g/mol. The van der Waals surface area contributed by atoms with Gasteiger partial charge in [0.1, 0.15) is 0 Å². The van der Waals surface area contributed by atoms with Crippen LogP contribution in [0.1, 0.15) is 55.3 Å². The molecule has 4 heteroatoms. The molecule has 0 fully saturated rings. The van der Waals surface area contributed by atoms with Crippen LogP contribution in [0.4, 0.5) is 0 Å². The summed E-state index contributed by atoms with van der Waals surface area (Å²) in [5, 5.41) is 0. The Morgan fingerprint density at radius 2 is 1.53 bits per heavy atom. The topological polar surface area (TPSA) is 0 Å². The average Bonchev–Trinajstić information content (AvgIpc) is 3.46. The van der Waals surface area contributed by atoms with Crippen molar-refractivity contribution in [2.75, 3.05) is 0 Å². The summed E-state index contributed by atoms with van der Waals surface area (Å²) in [6, 6.07) is 24.5. The predicted octanol–water partition coefficient (Wildman–Crippen LogP) is 9.51. The van der Waals surface area contributed by atoms with Gasteiger partial charge < -0.3 is 0 Å². The number of halogens is 2. The Balaban J connectivity index is 1.71. The van der Waals surface area contributed by atoms with E-state index in [1.807, 2.05) is 0 Å². The summed E-state index contributed by atoms with van der Waals surface area (Å²) in [5.41, 5.74) is 10.7. The molecule has 0 aliphatic heterocycles. The van der Waals surface area contributed by atoms with Crippen molar-refractivity contribution < 1.29 is 15.6 Å². The number of rotatable bonds is 6. The molecule has 0 radical (unpaired) electrons. The van der Waals surface area contributed by atoms with E-state index in [2.05, 4.69) is 112 Å². The van der Waals surface area contributed by atoms with Gasteiger partial charge in [-0.1, -0.05) is 0 Å². The van der Waals surface area contributed by atoms with Gasteiger partial charge in [0.05, 0.1) is 0 Å². The van der Waals surface area contributed by atoms with Crippen molar-refractivity contribution >= 4 is 35.1 Å². The molecule has 5 rings (SSSR count). The Labute approximate surface area is 213 Å². The van der Waals surface area contributed by atoms with Crippen molar-refractivity contribution in [3.8, 4) is 11.1 Å². The van der Waals surface area contributed by atoms with Gasteiger partial charge in [0, 0.05) is 0 Å². The molecule has 0 nitrogen and oxygen atoms in total. The first-order valence-electron chi connectivity index (χ1n) is 12.6. The Morgan fingerprint density at radius 1 is 0.824 bits per heavy atom.